The maximum absolute atomic E-state index is 10.9. The third-order valence-electron chi connectivity index (χ3n) is 3.13. The molecule has 1 rings (SSSR count). The second-order valence-corrected chi connectivity index (χ2v) is 4.40. The predicted molar refractivity (Wildman–Crippen MR) is 66.1 cm³/mol. The zero-order chi connectivity index (χ0) is 13.0. The van der Waals surface area contributed by atoms with E-state index in [2.05, 4.69) is 0 Å². The molecule has 4 nitrogen and oxygen atoms in total. The number of rotatable bonds is 5. The van der Waals surface area contributed by atoms with Crippen LogP contribution in [0.15, 0.2) is 24.3 Å². The third kappa shape index (κ3) is 3.75. The number of aromatic hydroxyl groups is 1. The number of carboxylic acids is 1. The Morgan fingerprint density at radius 3 is 2.29 bits per heavy atom. The summed E-state index contributed by atoms with van der Waals surface area (Å²) in [4.78, 5) is 12.7. The minimum Gasteiger partial charge on any atom is -0.508 e. The average Bonchev–Trinajstić information content (AvgIpc) is 2.30. The Labute approximate surface area is 101 Å². The Morgan fingerprint density at radius 2 is 1.82 bits per heavy atom. The molecular weight excluding hydrogens is 218 g/mol. The van der Waals surface area contributed by atoms with Crippen LogP contribution in [-0.4, -0.2) is 40.2 Å². The maximum Gasteiger partial charge on any atom is 0.320 e. The van der Waals surface area contributed by atoms with Gasteiger partial charge in [0.2, 0.25) is 0 Å². The summed E-state index contributed by atoms with van der Waals surface area (Å²) in [5.74, 6) is -0.571. The van der Waals surface area contributed by atoms with Gasteiger partial charge in [-0.2, -0.15) is 0 Å². The Morgan fingerprint density at radius 1 is 1.29 bits per heavy atom. The van der Waals surface area contributed by atoms with Gasteiger partial charge in [0.1, 0.15) is 11.8 Å². The molecule has 4 heteroatoms. The van der Waals surface area contributed by atoms with Crippen molar-refractivity contribution in [1.29, 1.82) is 0 Å². The highest BCUT2D eigenvalue weighted by Gasteiger charge is 2.21. The Balaban J connectivity index is 2.62. The van der Waals surface area contributed by atoms with E-state index in [-0.39, 0.29) is 11.8 Å². The lowest BCUT2D eigenvalue weighted by Gasteiger charge is -2.28. The van der Waals surface area contributed by atoms with E-state index in [4.69, 9.17) is 5.11 Å². The number of hydrogen-bond donors (Lipinski definition) is 2. The van der Waals surface area contributed by atoms with Crippen molar-refractivity contribution in [3.05, 3.63) is 29.8 Å². The van der Waals surface area contributed by atoms with Crippen LogP contribution in [0.3, 0.4) is 0 Å². The normalized spacial score (nSPS) is 14.6. The molecule has 0 saturated carbocycles. The van der Waals surface area contributed by atoms with Crippen LogP contribution in [0, 0.1) is 0 Å². The summed E-state index contributed by atoms with van der Waals surface area (Å²) in [6.45, 7) is 3.67. The van der Waals surface area contributed by atoms with Crippen molar-refractivity contribution in [2.75, 3.05) is 7.05 Å². The third-order valence-corrected chi connectivity index (χ3v) is 3.13. The van der Waals surface area contributed by atoms with Crippen molar-refractivity contribution in [3.63, 3.8) is 0 Å². The summed E-state index contributed by atoms with van der Waals surface area (Å²) >= 11 is 0. The van der Waals surface area contributed by atoms with Crippen molar-refractivity contribution < 1.29 is 15.0 Å². The van der Waals surface area contributed by atoms with Gasteiger partial charge in [0, 0.05) is 6.04 Å². The van der Waals surface area contributed by atoms with Gasteiger partial charge in [-0.15, -0.1) is 0 Å². The van der Waals surface area contributed by atoms with Crippen LogP contribution in [0.5, 0.6) is 5.75 Å². The first-order valence-corrected chi connectivity index (χ1v) is 5.64. The minimum atomic E-state index is -0.815. The van der Waals surface area contributed by atoms with Crippen LogP contribution in [-0.2, 0) is 11.2 Å². The van der Waals surface area contributed by atoms with Crippen molar-refractivity contribution >= 4 is 5.97 Å². The first-order chi connectivity index (χ1) is 7.91. The highest BCUT2D eigenvalue weighted by atomic mass is 16.4. The lowest BCUT2D eigenvalue weighted by Crippen LogP contribution is -2.42. The highest BCUT2D eigenvalue weighted by Crippen LogP contribution is 2.14. The van der Waals surface area contributed by atoms with Crippen molar-refractivity contribution in [2.45, 2.75) is 32.4 Å². The van der Waals surface area contributed by atoms with E-state index >= 15 is 0 Å². The fourth-order valence-corrected chi connectivity index (χ4v) is 1.67. The number of hydrogen-bond acceptors (Lipinski definition) is 3. The molecule has 0 aliphatic rings. The SMILES string of the molecule is CC(Cc1ccc(O)cc1)N(C)C(C)C(=O)O. The van der Waals surface area contributed by atoms with E-state index in [0.717, 1.165) is 12.0 Å². The number of carboxylic acid groups (broad SMARTS) is 1. The molecule has 1 aromatic rings. The number of nitrogens with zero attached hydrogens (tertiary/aromatic N) is 1. The summed E-state index contributed by atoms with van der Waals surface area (Å²) in [6.07, 6.45) is 0.758. The van der Waals surface area contributed by atoms with Crippen LogP contribution >= 0.6 is 0 Å². The van der Waals surface area contributed by atoms with Crippen LogP contribution < -0.4 is 0 Å². The van der Waals surface area contributed by atoms with Gasteiger partial charge in [0.15, 0.2) is 0 Å². The highest BCUT2D eigenvalue weighted by molar-refractivity contribution is 5.72. The fourth-order valence-electron chi connectivity index (χ4n) is 1.67. The van der Waals surface area contributed by atoms with Gasteiger partial charge in [-0.25, -0.2) is 0 Å². The first-order valence-electron chi connectivity index (χ1n) is 5.64. The van der Waals surface area contributed by atoms with Gasteiger partial charge in [-0.05, 0) is 45.0 Å². The number of likely N-dealkylation sites (N-methyl/N-ethyl adjacent to an activating group) is 1. The Hall–Kier alpha value is -1.55. The molecule has 1 aromatic carbocycles. The van der Waals surface area contributed by atoms with Gasteiger partial charge in [-0.3, -0.25) is 9.69 Å². The summed E-state index contributed by atoms with van der Waals surface area (Å²) in [5.41, 5.74) is 1.08. The lowest BCUT2D eigenvalue weighted by atomic mass is 10.0. The number of benzene rings is 1. The molecule has 0 aliphatic heterocycles. The van der Waals surface area contributed by atoms with Gasteiger partial charge < -0.3 is 10.2 Å². The molecule has 0 saturated heterocycles. The molecule has 17 heavy (non-hydrogen) atoms. The molecule has 0 heterocycles. The van der Waals surface area contributed by atoms with Crippen LogP contribution in [0.2, 0.25) is 0 Å². The zero-order valence-electron chi connectivity index (χ0n) is 10.4. The van der Waals surface area contributed by atoms with Gasteiger partial charge >= 0.3 is 5.97 Å². The van der Waals surface area contributed by atoms with E-state index in [0.29, 0.717) is 0 Å². The summed E-state index contributed by atoms with van der Waals surface area (Å²) < 4.78 is 0. The topological polar surface area (TPSA) is 60.8 Å². The molecule has 0 amide bonds. The standard InChI is InChI=1S/C13H19NO3/c1-9(14(3)10(2)13(16)17)8-11-4-6-12(15)7-5-11/h4-7,9-10,15H,8H2,1-3H3,(H,16,17). The van der Waals surface area contributed by atoms with Crippen molar-refractivity contribution in [3.8, 4) is 5.75 Å². The van der Waals surface area contributed by atoms with Gasteiger partial charge in [0.25, 0.3) is 0 Å². The smallest absolute Gasteiger partial charge is 0.320 e. The summed E-state index contributed by atoms with van der Waals surface area (Å²) in [6, 6.07) is 6.62. The van der Waals surface area contributed by atoms with E-state index < -0.39 is 12.0 Å². The first kappa shape index (κ1) is 13.5. The fraction of sp³-hybridized carbons (Fsp3) is 0.462. The van der Waals surface area contributed by atoms with Crippen LogP contribution in [0.4, 0.5) is 0 Å². The summed E-state index contributed by atoms with van der Waals surface area (Å²) in [5, 5.41) is 18.1. The minimum absolute atomic E-state index is 0.130. The van der Waals surface area contributed by atoms with Gasteiger partial charge in [-0.1, -0.05) is 12.1 Å². The quantitative estimate of drug-likeness (QED) is 0.818. The van der Waals surface area contributed by atoms with Crippen molar-refractivity contribution in [1.82, 2.24) is 4.90 Å². The Kier molecular flexibility index (Phi) is 4.52. The molecule has 2 unspecified atom stereocenters. The number of phenols is 1. The van der Waals surface area contributed by atoms with Crippen LogP contribution in [0.25, 0.3) is 0 Å². The largest absolute Gasteiger partial charge is 0.508 e. The molecule has 0 spiro atoms. The number of phenolic OH excluding ortho intramolecular Hbond substituents is 1. The summed E-state index contributed by atoms with van der Waals surface area (Å²) in [7, 11) is 1.81. The van der Waals surface area contributed by atoms with Gasteiger partial charge in [0.05, 0.1) is 0 Å². The second-order valence-electron chi connectivity index (χ2n) is 4.40. The van der Waals surface area contributed by atoms with E-state index in [1.807, 2.05) is 31.0 Å². The Bertz CT molecular complexity index is 375. The molecular formula is C13H19NO3. The molecule has 0 bridgehead atoms. The second kappa shape index (κ2) is 5.68. The van der Waals surface area contributed by atoms with E-state index in [9.17, 15) is 9.90 Å². The molecule has 0 fully saturated rings. The molecule has 0 radical (unpaired) electrons. The average molecular weight is 237 g/mol. The van der Waals surface area contributed by atoms with E-state index in [1.54, 1.807) is 19.1 Å². The monoisotopic (exact) mass is 237 g/mol. The zero-order valence-corrected chi connectivity index (χ0v) is 10.4. The number of carbonyl (C=O) groups is 1. The molecule has 2 atom stereocenters. The lowest BCUT2D eigenvalue weighted by molar-refractivity contribution is -0.142. The molecule has 0 aliphatic carbocycles. The van der Waals surface area contributed by atoms with Crippen LogP contribution in [0.1, 0.15) is 19.4 Å². The molecule has 94 valence electrons. The number of aliphatic carboxylic acids is 1. The predicted octanol–water partition coefficient (Wildman–Crippen LogP) is 1.73. The van der Waals surface area contributed by atoms with E-state index in [1.165, 1.54) is 0 Å². The molecule has 2 N–H and O–H groups in total. The maximum atomic E-state index is 10.9. The van der Waals surface area contributed by atoms with Crippen molar-refractivity contribution in [2.24, 2.45) is 0 Å². The molecule has 0 aromatic heterocycles.